The van der Waals surface area contributed by atoms with Crippen molar-refractivity contribution in [3.8, 4) is 0 Å². The van der Waals surface area contributed by atoms with E-state index in [9.17, 15) is 13.2 Å². The van der Waals surface area contributed by atoms with Gasteiger partial charge in [-0.15, -0.1) is 0 Å². The number of primary sulfonamides is 1. The smallest absolute Gasteiger partial charge is 0.254 e. The van der Waals surface area contributed by atoms with Crippen molar-refractivity contribution in [3.63, 3.8) is 0 Å². The lowest BCUT2D eigenvalue weighted by Crippen LogP contribution is -2.46. The number of sulfonamides is 1. The van der Waals surface area contributed by atoms with E-state index in [1.165, 1.54) is 12.8 Å². The molecule has 1 amide bonds. The number of carbonyl (C=O) groups excluding carboxylic acids is 1. The second kappa shape index (κ2) is 5.98. The third kappa shape index (κ3) is 3.85. The summed E-state index contributed by atoms with van der Waals surface area (Å²) in [6.07, 6.45) is 2.54. The third-order valence-electron chi connectivity index (χ3n) is 4.10. The highest BCUT2D eigenvalue weighted by atomic mass is 32.2. The van der Waals surface area contributed by atoms with Gasteiger partial charge in [0.15, 0.2) is 0 Å². The maximum Gasteiger partial charge on any atom is 0.254 e. The topological polar surface area (TPSA) is 89.7 Å². The Morgan fingerprint density at radius 3 is 2.55 bits per heavy atom. The number of benzene rings is 1. The first-order chi connectivity index (χ1) is 10.4. The van der Waals surface area contributed by atoms with Crippen LogP contribution in [0.2, 0.25) is 0 Å². The van der Waals surface area contributed by atoms with Crippen LogP contribution in [-0.2, 0) is 20.5 Å². The molecule has 1 aromatic rings. The molecule has 2 fully saturated rings. The molecule has 7 heteroatoms. The molecule has 1 unspecified atom stereocenters. The van der Waals surface area contributed by atoms with Crippen molar-refractivity contribution in [2.45, 2.75) is 24.7 Å². The Labute approximate surface area is 130 Å². The van der Waals surface area contributed by atoms with Crippen LogP contribution in [0.25, 0.3) is 0 Å². The number of ether oxygens (including phenoxy) is 1. The molecule has 1 aliphatic heterocycles. The van der Waals surface area contributed by atoms with Gasteiger partial charge in [0.25, 0.3) is 5.91 Å². The molecule has 0 bridgehead atoms. The summed E-state index contributed by atoms with van der Waals surface area (Å²) in [5.74, 6) is 0.354. The predicted octanol–water partition coefficient (Wildman–Crippen LogP) is 0.726. The van der Waals surface area contributed by atoms with Gasteiger partial charge in [-0.2, -0.15) is 0 Å². The number of morpholine rings is 1. The van der Waals surface area contributed by atoms with Crippen LogP contribution < -0.4 is 5.14 Å². The van der Waals surface area contributed by atoms with E-state index in [2.05, 4.69) is 0 Å². The summed E-state index contributed by atoms with van der Waals surface area (Å²) >= 11 is 0. The normalized spacial score (nSPS) is 22.6. The Bertz CT molecular complexity index is 653. The van der Waals surface area contributed by atoms with Crippen molar-refractivity contribution >= 4 is 15.9 Å². The maximum absolute atomic E-state index is 12.5. The molecular weight excluding hydrogens is 304 g/mol. The minimum atomic E-state index is -3.55. The Kier molecular flexibility index (Phi) is 4.20. The Hall–Kier alpha value is -1.44. The van der Waals surface area contributed by atoms with Crippen LogP contribution in [0.5, 0.6) is 0 Å². The molecule has 0 spiro atoms. The van der Waals surface area contributed by atoms with E-state index in [-0.39, 0.29) is 17.8 Å². The van der Waals surface area contributed by atoms with E-state index >= 15 is 0 Å². The van der Waals surface area contributed by atoms with E-state index in [1.54, 1.807) is 24.3 Å². The second-order valence-electron chi connectivity index (χ2n) is 6.00. The lowest BCUT2D eigenvalue weighted by molar-refractivity contribution is -0.0313. The fourth-order valence-corrected chi connectivity index (χ4v) is 3.43. The Balaban J connectivity index is 1.66. The first kappa shape index (κ1) is 15.5. The summed E-state index contributed by atoms with van der Waals surface area (Å²) in [6.45, 7) is 1.82. The van der Waals surface area contributed by atoms with Crippen LogP contribution in [0.1, 0.15) is 28.8 Å². The second-order valence-corrected chi connectivity index (χ2v) is 7.62. The molecule has 1 aliphatic carbocycles. The van der Waals surface area contributed by atoms with Crippen LogP contribution in [0, 0.1) is 5.92 Å². The zero-order chi connectivity index (χ0) is 15.7. The Morgan fingerprint density at radius 1 is 1.27 bits per heavy atom. The summed E-state index contributed by atoms with van der Waals surface area (Å²) in [5, 5.41) is 5.01. The fourth-order valence-electron chi connectivity index (χ4n) is 2.77. The number of hydrogen-bond donors (Lipinski definition) is 1. The molecule has 6 nitrogen and oxygen atoms in total. The molecule has 0 aromatic heterocycles. The van der Waals surface area contributed by atoms with Gasteiger partial charge in [-0.1, -0.05) is 12.1 Å². The van der Waals surface area contributed by atoms with Crippen molar-refractivity contribution in [1.82, 2.24) is 4.90 Å². The maximum atomic E-state index is 12.5. The highest BCUT2D eigenvalue weighted by Gasteiger charge is 2.36. The standard InChI is InChI=1S/C15H20N2O4S/c16-22(19,20)10-11-1-3-13(4-2-11)15(18)17-7-8-21-14(9-17)12-5-6-12/h1-4,12,14H,5-10H2,(H2,16,19,20). The van der Waals surface area contributed by atoms with E-state index in [1.807, 2.05) is 4.90 Å². The molecule has 1 atom stereocenters. The van der Waals surface area contributed by atoms with Crippen LogP contribution in [0.15, 0.2) is 24.3 Å². The number of hydrogen-bond acceptors (Lipinski definition) is 4. The van der Waals surface area contributed by atoms with Crippen LogP contribution in [-0.4, -0.2) is 45.0 Å². The monoisotopic (exact) mass is 324 g/mol. The van der Waals surface area contributed by atoms with E-state index in [4.69, 9.17) is 9.88 Å². The SMILES string of the molecule is NS(=O)(=O)Cc1ccc(C(=O)N2CCOC(C3CC3)C2)cc1. The van der Waals surface area contributed by atoms with E-state index in [0.29, 0.717) is 36.7 Å². The van der Waals surface area contributed by atoms with Gasteiger partial charge in [0, 0.05) is 18.7 Å². The molecule has 22 heavy (non-hydrogen) atoms. The fraction of sp³-hybridized carbons (Fsp3) is 0.533. The molecule has 2 aliphatic rings. The number of amides is 1. The van der Waals surface area contributed by atoms with Crippen LogP contribution in [0.4, 0.5) is 0 Å². The molecule has 1 heterocycles. The van der Waals surface area contributed by atoms with Crippen LogP contribution >= 0.6 is 0 Å². The highest BCUT2D eigenvalue weighted by molar-refractivity contribution is 7.88. The largest absolute Gasteiger partial charge is 0.374 e. The molecule has 1 saturated heterocycles. The molecule has 1 saturated carbocycles. The summed E-state index contributed by atoms with van der Waals surface area (Å²) in [5.41, 5.74) is 1.14. The zero-order valence-electron chi connectivity index (χ0n) is 12.3. The molecule has 1 aromatic carbocycles. The molecule has 3 rings (SSSR count). The van der Waals surface area contributed by atoms with Gasteiger partial charge in [0.05, 0.1) is 18.5 Å². The van der Waals surface area contributed by atoms with E-state index < -0.39 is 10.0 Å². The third-order valence-corrected chi connectivity index (χ3v) is 4.83. The average molecular weight is 324 g/mol. The van der Waals surface area contributed by atoms with Gasteiger partial charge in [-0.05, 0) is 36.5 Å². The summed E-state index contributed by atoms with van der Waals surface area (Å²) < 4.78 is 27.8. The van der Waals surface area contributed by atoms with Gasteiger partial charge < -0.3 is 9.64 Å². The van der Waals surface area contributed by atoms with Gasteiger partial charge in [-0.3, -0.25) is 4.79 Å². The molecule has 2 N–H and O–H groups in total. The van der Waals surface area contributed by atoms with E-state index in [0.717, 1.165) is 0 Å². The first-order valence-corrected chi connectivity index (χ1v) is 9.14. The van der Waals surface area contributed by atoms with Crippen molar-refractivity contribution < 1.29 is 17.9 Å². The minimum absolute atomic E-state index is 0.0314. The van der Waals surface area contributed by atoms with Crippen LogP contribution in [0.3, 0.4) is 0 Å². The quantitative estimate of drug-likeness (QED) is 0.884. The summed E-state index contributed by atoms with van der Waals surface area (Å²) in [4.78, 5) is 14.3. The van der Waals surface area contributed by atoms with Gasteiger partial charge in [0.1, 0.15) is 0 Å². The number of nitrogens with two attached hydrogens (primary N) is 1. The number of carbonyl (C=O) groups is 1. The molecule has 120 valence electrons. The van der Waals surface area contributed by atoms with Crippen molar-refractivity contribution in [2.75, 3.05) is 19.7 Å². The van der Waals surface area contributed by atoms with Gasteiger partial charge in [0.2, 0.25) is 10.0 Å². The van der Waals surface area contributed by atoms with Gasteiger partial charge in [-0.25, -0.2) is 13.6 Å². The predicted molar refractivity (Wildman–Crippen MR) is 81.6 cm³/mol. The van der Waals surface area contributed by atoms with Crippen molar-refractivity contribution in [2.24, 2.45) is 11.1 Å². The number of rotatable bonds is 4. The summed E-state index contributed by atoms with van der Waals surface area (Å²) in [6, 6.07) is 6.59. The first-order valence-electron chi connectivity index (χ1n) is 7.43. The van der Waals surface area contributed by atoms with Gasteiger partial charge >= 0.3 is 0 Å². The minimum Gasteiger partial charge on any atom is -0.374 e. The number of nitrogens with zero attached hydrogens (tertiary/aromatic N) is 1. The lowest BCUT2D eigenvalue weighted by Gasteiger charge is -2.33. The zero-order valence-corrected chi connectivity index (χ0v) is 13.1. The van der Waals surface area contributed by atoms with Crippen molar-refractivity contribution in [3.05, 3.63) is 35.4 Å². The Morgan fingerprint density at radius 2 is 1.95 bits per heavy atom. The molecular formula is C15H20N2O4S. The lowest BCUT2D eigenvalue weighted by atomic mass is 10.1. The van der Waals surface area contributed by atoms with Crippen molar-refractivity contribution in [1.29, 1.82) is 0 Å². The summed E-state index contributed by atoms with van der Waals surface area (Å²) in [7, 11) is -3.55. The molecule has 0 radical (unpaired) electrons. The average Bonchev–Trinajstić information content (AvgIpc) is 3.30. The highest BCUT2D eigenvalue weighted by Crippen LogP contribution is 2.35.